The van der Waals surface area contributed by atoms with Crippen LogP contribution in [0.25, 0.3) is 0 Å². The van der Waals surface area contributed by atoms with Crippen LogP contribution in [-0.2, 0) is 20.9 Å². The predicted octanol–water partition coefficient (Wildman–Crippen LogP) is 1.16. The van der Waals surface area contributed by atoms with Gasteiger partial charge in [-0.15, -0.1) is 0 Å². The number of rotatable bonds is 7. The minimum atomic E-state index is -0.261. The average molecular weight is 470 g/mol. The van der Waals surface area contributed by atoms with E-state index in [4.69, 9.17) is 14.2 Å². The maximum Gasteiger partial charge on any atom is 0.242 e. The Bertz CT molecular complexity index is 1000. The lowest BCUT2D eigenvalue weighted by Crippen LogP contribution is -2.51. The molecule has 0 radical (unpaired) electrons. The number of methoxy groups -OCH3 is 3. The number of likely N-dealkylation sites (tertiary alicyclic amines) is 1. The molecule has 0 unspecified atom stereocenters. The summed E-state index contributed by atoms with van der Waals surface area (Å²) in [6.07, 6.45) is 5.02. The van der Waals surface area contributed by atoms with Crippen LogP contribution in [0.4, 0.5) is 0 Å². The molecule has 4 atom stereocenters. The van der Waals surface area contributed by atoms with E-state index in [1.54, 1.807) is 26.2 Å². The highest BCUT2D eigenvalue weighted by atomic mass is 16.5. The number of hydrogen-bond donors (Lipinski definition) is 0. The number of hydrogen-bond acceptors (Lipinski definition) is 7. The monoisotopic (exact) mass is 469 g/mol. The first-order chi connectivity index (χ1) is 16.5. The van der Waals surface area contributed by atoms with E-state index in [2.05, 4.69) is 17.1 Å². The van der Waals surface area contributed by atoms with E-state index in [9.17, 15) is 14.4 Å². The molecule has 2 saturated heterocycles. The summed E-state index contributed by atoms with van der Waals surface area (Å²) in [5, 5.41) is 0. The quantitative estimate of drug-likeness (QED) is 0.437. The van der Waals surface area contributed by atoms with Crippen molar-refractivity contribution in [3.05, 3.63) is 29.8 Å². The molecule has 34 heavy (non-hydrogen) atoms. The van der Waals surface area contributed by atoms with Crippen LogP contribution in [-0.4, -0.2) is 86.5 Å². The number of allylic oxidation sites excluding steroid dienone is 2. The van der Waals surface area contributed by atoms with Gasteiger partial charge in [0.2, 0.25) is 23.5 Å². The largest absolute Gasteiger partial charge is 0.493 e. The third-order valence-corrected chi connectivity index (χ3v) is 7.76. The van der Waals surface area contributed by atoms with Crippen molar-refractivity contribution in [1.82, 2.24) is 14.7 Å². The van der Waals surface area contributed by atoms with Crippen molar-refractivity contribution >= 4 is 17.7 Å². The second kappa shape index (κ2) is 8.94. The van der Waals surface area contributed by atoms with Gasteiger partial charge in [0.1, 0.15) is 6.54 Å². The molecule has 4 aliphatic rings. The molecular formula is C25H31N3O6. The van der Waals surface area contributed by atoms with E-state index in [0.29, 0.717) is 50.0 Å². The first-order valence-electron chi connectivity index (χ1n) is 11.8. The average Bonchev–Trinajstić information content (AvgIpc) is 3.54. The summed E-state index contributed by atoms with van der Waals surface area (Å²) in [4.78, 5) is 43.9. The van der Waals surface area contributed by atoms with Gasteiger partial charge in [-0.1, -0.05) is 18.2 Å². The zero-order valence-electron chi connectivity index (χ0n) is 19.9. The van der Waals surface area contributed by atoms with Crippen LogP contribution in [0.1, 0.15) is 12.0 Å². The highest BCUT2D eigenvalue weighted by Crippen LogP contribution is 2.52. The van der Waals surface area contributed by atoms with E-state index in [1.807, 2.05) is 12.1 Å². The Hall–Kier alpha value is -3.07. The molecule has 182 valence electrons. The van der Waals surface area contributed by atoms with Crippen LogP contribution in [0.5, 0.6) is 17.2 Å². The van der Waals surface area contributed by atoms with Crippen molar-refractivity contribution in [2.45, 2.75) is 13.0 Å². The lowest BCUT2D eigenvalue weighted by Gasteiger charge is -2.35. The van der Waals surface area contributed by atoms with Crippen LogP contribution < -0.4 is 14.2 Å². The van der Waals surface area contributed by atoms with E-state index in [0.717, 1.165) is 12.0 Å². The zero-order chi connectivity index (χ0) is 24.0. The molecule has 2 aliphatic heterocycles. The molecule has 0 aromatic heterocycles. The molecule has 1 saturated carbocycles. The Morgan fingerprint density at radius 2 is 1.50 bits per heavy atom. The molecule has 0 spiro atoms. The molecule has 2 bridgehead atoms. The fourth-order valence-corrected chi connectivity index (χ4v) is 6.04. The van der Waals surface area contributed by atoms with Gasteiger partial charge in [-0.3, -0.25) is 24.2 Å². The summed E-state index contributed by atoms with van der Waals surface area (Å²) < 4.78 is 16.4. The Morgan fingerprint density at radius 1 is 0.882 bits per heavy atom. The van der Waals surface area contributed by atoms with Gasteiger partial charge in [0.05, 0.1) is 33.2 Å². The summed E-state index contributed by atoms with van der Waals surface area (Å²) in [5.41, 5.74) is 0.975. The number of amides is 3. The minimum absolute atomic E-state index is 0.145. The van der Waals surface area contributed by atoms with Crippen molar-refractivity contribution in [1.29, 1.82) is 0 Å². The first kappa shape index (κ1) is 22.7. The minimum Gasteiger partial charge on any atom is -0.493 e. The van der Waals surface area contributed by atoms with E-state index in [-0.39, 0.29) is 47.9 Å². The summed E-state index contributed by atoms with van der Waals surface area (Å²) in [5.74, 6) is 1.10. The number of piperazine rings is 1. The predicted molar refractivity (Wildman–Crippen MR) is 122 cm³/mol. The fraction of sp³-hybridized carbons (Fsp3) is 0.560. The number of imide groups is 1. The lowest BCUT2D eigenvalue weighted by molar-refractivity contribution is -0.147. The maximum absolute atomic E-state index is 13.0. The maximum atomic E-state index is 13.0. The van der Waals surface area contributed by atoms with Crippen molar-refractivity contribution in [2.24, 2.45) is 23.7 Å². The van der Waals surface area contributed by atoms with Crippen LogP contribution in [0, 0.1) is 23.7 Å². The van der Waals surface area contributed by atoms with Crippen molar-refractivity contribution in [3.63, 3.8) is 0 Å². The third kappa shape index (κ3) is 3.62. The van der Waals surface area contributed by atoms with Gasteiger partial charge in [-0.05, 0) is 24.3 Å². The highest BCUT2D eigenvalue weighted by Gasteiger charge is 2.59. The number of benzene rings is 1. The normalized spacial score (nSPS) is 28.0. The molecule has 2 heterocycles. The van der Waals surface area contributed by atoms with Gasteiger partial charge in [-0.2, -0.15) is 0 Å². The van der Waals surface area contributed by atoms with E-state index < -0.39 is 0 Å². The summed E-state index contributed by atoms with van der Waals surface area (Å²) in [6, 6.07) is 3.82. The number of ether oxygens (including phenoxy) is 3. The number of fused-ring (bicyclic) bond motifs is 5. The Kier molecular flexibility index (Phi) is 5.97. The smallest absolute Gasteiger partial charge is 0.242 e. The van der Waals surface area contributed by atoms with E-state index in [1.165, 1.54) is 4.90 Å². The van der Waals surface area contributed by atoms with Crippen molar-refractivity contribution in [3.8, 4) is 17.2 Å². The number of carbonyl (C=O) groups excluding carboxylic acids is 3. The van der Waals surface area contributed by atoms with E-state index >= 15 is 0 Å². The molecule has 0 N–H and O–H groups in total. The van der Waals surface area contributed by atoms with Crippen LogP contribution in [0.3, 0.4) is 0 Å². The molecule has 5 rings (SSSR count). The Morgan fingerprint density at radius 3 is 2.06 bits per heavy atom. The van der Waals surface area contributed by atoms with Gasteiger partial charge in [-0.25, -0.2) is 0 Å². The number of carbonyl (C=O) groups is 3. The van der Waals surface area contributed by atoms with Gasteiger partial charge in [0.25, 0.3) is 0 Å². The lowest BCUT2D eigenvalue weighted by atomic mass is 9.85. The standard InChI is InChI=1S/C25H31N3O6/c1-32-18-7-6-17(22(33-2)23(18)34-3)13-26-8-10-27(11-9-26)19(29)14-28-24(30)20-15-4-5-16(12-15)21(20)25(28)31/h4-7,15-16,20-21H,8-14H2,1-3H3/t15-,16-,20+,21+/m0/s1. The topological polar surface area (TPSA) is 88.6 Å². The Labute approximate surface area is 199 Å². The first-order valence-corrected chi connectivity index (χ1v) is 11.8. The second-order valence-corrected chi connectivity index (χ2v) is 9.41. The van der Waals surface area contributed by atoms with Gasteiger partial charge < -0.3 is 19.1 Å². The number of nitrogens with zero attached hydrogens (tertiary/aromatic N) is 3. The second-order valence-electron chi connectivity index (χ2n) is 9.41. The molecular weight excluding hydrogens is 438 g/mol. The van der Waals surface area contributed by atoms with Crippen molar-refractivity contribution in [2.75, 3.05) is 54.1 Å². The SMILES string of the molecule is COc1ccc(CN2CCN(C(=O)CN3C(=O)[C@H]4[C@H](C3=O)[C@H]3C=C[C@H]4C3)CC2)c(OC)c1OC. The molecule has 3 fully saturated rings. The molecule has 9 nitrogen and oxygen atoms in total. The molecule has 3 amide bonds. The summed E-state index contributed by atoms with van der Waals surface area (Å²) in [7, 11) is 4.77. The molecule has 1 aromatic rings. The summed E-state index contributed by atoms with van der Waals surface area (Å²) in [6.45, 7) is 2.96. The fourth-order valence-electron chi connectivity index (χ4n) is 6.04. The van der Waals surface area contributed by atoms with Crippen LogP contribution in [0.2, 0.25) is 0 Å². The Balaban J connectivity index is 1.18. The third-order valence-electron chi connectivity index (χ3n) is 7.76. The van der Waals surface area contributed by atoms with Crippen molar-refractivity contribution < 1.29 is 28.6 Å². The zero-order valence-corrected chi connectivity index (χ0v) is 19.9. The van der Waals surface area contributed by atoms with Gasteiger partial charge >= 0.3 is 0 Å². The van der Waals surface area contributed by atoms with Gasteiger partial charge in [0.15, 0.2) is 11.5 Å². The van der Waals surface area contributed by atoms with Crippen LogP contribution in [0.15, 0.2) is 24.3 Å². The molecule has 1 aromatic carbocycles. The molecule has 9 heteroatoms. The summed E-state index contributed by atoms with van der Waals surface area (Å²) >= 11 is 0. The highest BCUT2D eigenvalue weighted by molar-refractivity contribution is 6.08. The molecule has 2 aliphatic carbocycles. The van der Waals surface area contributed by atoms with Gasteiger partial charge in [0, 0.05) is 38.3 Å². The van der Waals surface area contributed by atoms with Crippen LogP contribution >= 0.6 is 0 Å².